The van der Waals surface area contributed by atoms with Crippen molar-refractivity contribution in [3.05, 3.63) is 47.5 Å². The van der Waals surface area contributed by atoms with Gasteiger partial charge in [0.2, 0.25) is 0 Å². The molecule has 136 valence electrons. The molecule has 0 saturated carbocycles. The summed E-state index contributed by atoms with van der Waals surface area (Å²) in [5, 5.41) is 19.3. The number of hydrogen-bond acceptors (Lipinski definition) is 4. The molecule has 1 aromatic rings. The maximum atomic E-state index is 10.8. The SMILES string of the molecule is CC(C)c1c(O)ccc(C(C)(C)C)c1C1=CN(CCC(=O)O)C=CO1. The van der Waals surface area contributed by atoms with Gasteiger partial charge in [0.15, 0.2) is 5.76 Å². The van der Waals surface area contributed by atoms with Crippen LogP contribution in [0.4, 0.5) is 0 Å². The maximum absolute atomic E-state index is 10.8. The second-order valence-electron chi connectivity index (χ2n) is 7.60. The van der Waals surface area contributed by atoms with Gasteiger partial charge in [-0.2, -0.15) is 0 Å². The summed E-state index contributed by atoms with van der Waals surface area (Å²) in [4.78, 5) is 12.6. The van der Waals surface area contributed by atoms with E-state index in [-0.39, 0.29) is 23.5 Å². The van der Waals surface area contributed by atoms with Gasteiger partial charge in [0.25, 0.3) is 0 Å². The Bertz CT molecular complexity index is 711. The summed E-state index contributed by atoms with van der Waals surface area (Å²) in [6, 6.07) is 3.67. The fourth-order valence-corrected chi connectivity index (χ4v) is 2.98. The average molecular weight is 345 g/mol. The lowest BCUT2D eigenvalue weighted by Gasteiger charge is -2.29. The zero-order valence-electron chi connectivity index (χ0n) is 15.5. The molecule has 0 saturated heterocycles. The van der Waals surface area contributed by atoms with Crippen molar-refractivity contribution in [2.75, 3.05) is 6.54 Å². The molecule has 0 bridgehead atoms. The molecule has 5 nitrogen and oxygen atoms in total. The van der Waals surface area contributed by atoms with Crippen LogP contribution in [0.2, 0.25) is 0 Å². The zero-order chi connectivity index (χ0) is 18.8. The van der Waals surface area contributed by atoms with Crippen molar-refractivity contribution >= 4 is 11.7 Å². The van der Waals surface area contributed by atoms with Crippen LogP contribution >= 0.6 is 0 Å². The van der Waals surface area contributed by atoms with Gasteiger partial charge in [0.1, 0.15) is 12.0 Å². The molecule has 1 heterocycles. The summed E-state index contributed by atoms with van der Waals surface area (Å²) < 4.78 is 5.76. The zero-order valence-corrected chi connectivity index (χ0v) is 15.5. The molecular weight excluding hydrogens is 318 g/mol. The molecule has 0 spiro atoms. The highest BCUT2D eigenvalue weighted by atomic mass is 16.5. The van der Waals surface area contributed by atoms with Gasteiger partial charge >= 0.3 is 5.97 Å². The van der Waals surface area contributed by atoms with Gasteiger partial charge in [-0.05, 0) is 23.0 Å². The molecule has 25 heavy (non-hydrogen) atoms. The number of ether oxygens (including phenoxy) is 1. The van der Waals surface area contributed by atoms with E-state index in [0.29, 0.717) is 12.3 Å². The van der Waals surface area contributed by atoms with E-state index in [4.69, 9.17) is 9.84 Å². The normalized spacial score (nSPS) is 14.5. The molecule has 2 N–H and O–H groups in total. The smallest absolute Gasteiger partial charge is 0.305 e. The van der Waals surface area contributed by atoms with Gasteiger partial charge in [0.05, 0.1) is 6.42 Å². The third-order valence-corrected chi connectivity index (χ3v) is 4.17. The van der Waals surface area contributed by atoms with E-state index in [9.17, 15) is 9.90 Å². The maximum Gasteiger partial charge on any atom is 0.305 e. The van der Waals surface area contributed by atoms with Gasteiger partial charge in [-0.15, -0.1) is 0 Å². The topological polar surface area (TPSA) is 70.0 Å². The van der Waals surface area contributed by atoms with Crippen LogP contribution in [0.15, 0.2) is 30.8 Å². The first-order valence-corrected chi connectivity index (χ1v) is 8.50. The van der Waals surface area contributed by atoms with Crippen molar-refractivity contribution in [3.63, 3.8) is 0 Å². The highest BCUT2D eigenvalue weighted by molar-refractivity contribution is 5.71. The second-order valence-corrected chi connectivity index (χ2v) is 7.60. The molecule has 0 fully saturated rings. The minimum Gasteiger partial charge on any atom is -0.508 e. The van der Waals surface area contributed by atoms with E-state index in [1.807, 2.05) is 19.9 Å². The number of aromatic hydroxyl groups is 1. The second kappa shape index (κ2) is 7.21. The number of aliphatic carboxylic acids is 1. The highest BCUT2D eigenvalue weighted by Crippen LogP contribution is 2.41. The first kappa shape index (κ1) is 18.9. The number of rotatable bonds is 5. The Kier molecular flexibility index (Phi) is 5.45. The quantitative estimate of drug-likeness (QED) is 0.828. The fraction of sp³-hybridized carbons (Fsp3) is 0.450. The number of benzene rings is 1. The van der Waals surface area contributed by atoms with Crippen molar-refractivity contribution in [2.45, 2.75) is 52.4 Å². The monoisotopic (exact) mass is 345 g/mol. The van der Waals surface area contributed by atoms with Crippen LogP contribution in [0.3, 0.4) is 0 Å². The number of nitrogens with zero attached hydrogens (tertiary/aromatic N) is 1. The van der Waals surface area contributed by atoms with Crippen LogP contribution in [0.5, 0.6) is 5.75 Å². The molecule has 1 aromatic carbocycles. The van der Waals surface area contributed by atoms with Gasteiger partial charge in [-0.3, -0.25) is 4.79 Å². The highest BCUT2D eigenvalue weighted by Gasteiger charge is 2.27. The molecule has 1 aliphatic rings. The summed E-state index contributed by atoms with van der Waals surface area (Å²) in [5.41, 5.74) is 2.66. The van der Waals surface area contributed by atoms with Crippen molar-refractivity contribution in [1.29, 1.82) is 0 Å². The van der Waals surface area contributed by atoms with E-state index < -0.39 is 5.97 Å². The Morgan fingerprint density at radius 1 is 1.28 bits per heavy atom. The molecule has 0 aliphatic carbocycles. The van der Waals surface area contributed by atoms with Crippen molar-refractivity contribution < 1.29 is 19.7 Å². The van der Waals surface area contributed by atoms with Gasteiger partial charge in [-0.25, -0.2) is 0 Å². The third kappa shape index (κ3) is 4.35. The Hall–Kier alpha value is -2.43. The minimum absolute atomic E-state index is 0.0390. The fourth-order valence-electron chi connectivity index (χ4n) is 2.98. The number of carboxylic acid groups (broad SMARTS) is 1. The Balaban J connectivity index is 2.56. The van der Waals surface area contributed by atoms with Crippen LogP contribution in [0, 0.1) is 0 Å². The molecule has 0 radical (unpaired) electrons. The van der Waals surface area contributed by atoms with Crippen molar-refractivity contribution in [1.82, 2.24) is 4.90 Å². The first-order chi connectivity index (χ1) is 11.6. The van der Waals surface area contributed by atoms with Crippen LogP contribution in [0.1, 0.15) is 63.6 Å². The lowest BCUT2D eigenvalue weighted by Crippen LogP contribution is -2.21. The summed E-state index contributed by atoms with van der Waals surface area (Å²) in [6.07, 6.45) is 5.11. The molecule has 0 atom stereocenters. The minimum atomic E-state index is -0.842. The van der Waals surface area contributed by atoms with Crippen molar-refractivity contribution in [3.8, 4) is 5.75 Å². The average Bonchev–Trinajstić information content (AvgIpc) is 2.51. The van der Waals surface area contributed by atoms with E-state index in [2.05, 4.69) is 20.8 Å². The molecule has 0 unspecified atom stereocenters. The Labute approximate surface area is 149 Å². The standard InChI is InChI=1S/C20H27NO4/c1-13(2)18-15(22)7-6-14(20(3,4)5)19(18)16-12-21(10-11-25-16)9-8-17(23)24/h6-7,10-13,22H,8-9H2,1-5H3,(H,23,24). The predicted molar refractivity (Wildman–Crippen MR) is 98.1 cm³/mol. The summed E-state index contributed by atoms with van der Waals surface area (Å²) in [7, 11) is 0. The molecule has 5 heteroatoms. The molecule has 2 rings (SSSR count). The third-order valence-electron chi connectivity index (χ3n) is 4.17. The lowest BCUT2D eigenvalue weighted by molar-refractivity contribution is -0.137. The Morgan fingerprint density at radius 3 is 2.52 bits per heavy atom. The number of hydrogen-bond donors (Lipinski definition) is 2. The largest absolute Gasteiger partial charge is 0.508 e. The predicted octanol–water partition coefficient (Wildman–Crippen LogP) is 4.39. The summed E-state index contributed by atoms with van der Waals surface area (Å²) in [6.45, 7) is 10.8. The molecule has 0 amide bonds. The van der Waals surface area contributed by atoms with Crippen molar-refractivity contribution in [2.24, 2.45) is 0 Å². The van der Waals surface area contributed by atoms with E-state index in [1.54, 1.807) is 29.6 Å². The number of carboxylic acids is 1. The lowest BCUT2D eigenvalue weighted by atomic mass is 9.79. The van der Waals surface area contributed by atoms with Gasteiger partial charge in [-0.1, -0.05) is 40.7 Å². The van der Waals surface area contributed by atoms with E-state index in [0.717, 1.165) is 16.7 Å². The number of phenols is 1. The van der Waals surface area contributed by atoms with Crippen LogP contribution in [-0.4, -0.2) is 27.6 Å². The number of carbonyl (C=O) groups is 1. The van der Waals surface area contributed by atoms with E-state index in [1.165, 1.54) is 0 Å². The molecule has 0 aromatic heterocycles. The van der Waals surface area contributed by atoms with Gasteiger partial charge < -0.3 is 19.8 Å². The van der Waals surface area contributed by atoms with Gasteiger partial charge in [0, 0.05) is 30.1 Å². The van der Waals surface area contributed by atoms with Crippen LogP contribution < -0.4 is 0 Å². The molecular formula is C20H27NO4. The summed E-state index contributed by atoms with van der Waals surface area (Å²) in [5.74, 6) is 0.136. The van der Waals surface area contributed by atoms with Crippen LogP contribution in [-0.2, 0) is 14.9 Å². The van der Waals surface area contributed by atoms with Crippen LogP contribution in [0.25, 0.3) is 5.76 Å². The number of phenolic OH excluding ortho intramolecular Hbond substituents is 1. The Morgan fingerprint density at radius 2 is 1.96 bits per heavy atom. The first-order valence-electron chi connectivity index (χ1n) is 8.50. The van der Waals surface area contributed by atoms with E-state index >= 15 is 0 Å². The molecule has 1 aliphatic heterocycles. The summed E-state index contributed by atoms with van der Waals surface area (Å²) >= 11 is 0.